The number of sulfone groups is 1. The zero-order chi connectivity index (χ0) is 14.6. The van der Waals surface area contributed by atoms with Gasteiger partial charge < -0.3 is 10.1 Å². The Bertz CT molecular complexity index is 559. The van der Waals surface area contributed by atoms with Gasteiger partial charge in [0.1, 0.15) is 0 Å². The van der Waals surface area contributed by atoms with Gasteiger partial charge in [0.2, 0.25) is 0 Å². The van der Waals surface area contributed by atoms with Crippen LogP contribution < -0.4 is 5.32 Å². The van der Waals surface area contributed by atoms with Crippen LogP contribution in [0, 0.1) is 0 Å². The number of nitrogens with one attached hydrogen (secondary N) is 1. The molecular weight excluding hydrogens is 278 g/mol. The van der Waals surface area contributed by atoms with Gasteiger partial charge in [-0.2, -0.15) is 0 Å². The molecule has 1 aliphatic heterocycles. The molecule has 0 bridgehead atoms. The van der Waals surface area contributed by atoms with Crippen LogP contribution in [-0.2, 0) is 20.3 Å². The van der Waals surface area contributed by atoms with Crippen molar-refractivity contribution in [3.05, 3.63) is 35.4 Å². The highest BCUT2D eigenvalue weighted by molar-refractivity contribution is 7.91. The first-order valence-electron chi connectivity index (χ1n) is 6.63. The minimum atomic E-state index is -3.20. The standard InChI is InChI=1S/C14H19NO4S/c1-15-14(16)12-6-4-11(5-7-12)10-20(17,18)13-3-2-8-19-9-13/h4-7,13H,2-3,8-10H2,1H3,(H,15,16). The molecule has 1 atom stereocenters. The smallest absolute Gasteiger partial charge is 0.251 e. The lowest BCUT2D eigenvalue weighted by atomic mass is 10.1. The molecule has 1 unspecified atom stereocenters. The summed E-state index contributed by atoms with van der Waals surface area (Å²) in [5, 5.41) is 2.12. The molecule has 0 aliphatic carbocycles. The van der Waals surface area contributed by atoms with Crippen LogP contribution in [0.3, 0.4) is 0 Å². The summed E-state index contributed by atoms with van der Waals surface area (Å²) in [5.41, 5.74) is 1.22. The fourth-order valence-corrected chi connectivity index (χ4v) is 3.96. The van der Waals surface area contributed by atoms with Gasteiger partial charge >= 0.3 is 0 Å². The Morgan fingerprint density at radius 1 is 1.35 bits per heavy atom. The SMILES string of the molecule is CNC(=O)c1ccc(CS(=O)(=O)C2CCCOC2)cc1. The fraction of sp³-hybridized carbons (Fsp3) is 0.500. The van der Waals surface area contributed by atoms with Crippen LogP contribution in [0.5, 0.6) is 0 Å². The fourth-order valence-electron chi connectivity index (χ4n) is 2.24. The lowest BCUT2D eigenvalue weighted by Crippen LogP contribution is -2.31. The van der Waals surface area contributed by atoms with E-state index in [-0.39, 0.29) is 11.7 Å². The van der Waals surface area contributed by atoms with Crippen LogP contribution in [0.1, 0.15) is 28.8 Å². The molecule has 0 saturated carbocycles. The maximum atomic E-state index is 12.3. The average molecular weight is 297 g/mol. The number of hydrogen-bond donors (Lipinski definition) is 1. The van der Waals surface area contributed by atoms with Crippen LogP contribution >= 0.6 is 0 Å². The molecule has 20 heavy (non-hydrogen) atoms. The summed E-state index contributed by atoms with van der Waals surface area (Å²) < 4.78 is 29.8. The molecule has 1 aromatic rings. The maximum absolute atomic E-state index is 12.3. The molecule has 5 nitrogen and oxygen atoms in total. The van der Waals surface area contributed by atoms with E-state index in [1.54, 1.807) is 31.3 Å². The van der Waals surface area contributed by atoms with Gasteiger partial charge in [0.15, 0.2) is 9.84 Å². The molecule has 6 heteroatoms. The Kier molecular flexibility index (Phi) is 4.77. The summed E-state index contributed by atoms with van der Waals surface area (Å²) in [4.78, 5) is 11.4. The Morgan fingerprint density at radius 3 is 2.60 bits per heavy atom. The molecule has 110 valence electrons. The number of carbonyl (C=O) groups excluding carboxylic acids is 1. The summed E-state index contributed by atoms with van der Waals surface area (Å²) in [7, 11) is -1.64. The number of carbonyl (C=O) groups is 1. The highest BCUT2D eigenvalue weighted by atomic mass is 32.2. The number of benzene rings is 1. The summed E-state index contributed by atoms with van der Waals surface area (Å²) in [5.74, 6) is -0.185. The molecule has 0 radical (unpaired) electrons. The van der Waals surface area contributed by atoms with Crippen molar-refractivity contribution in [2.45, 2.75) is 23.8 Å². The minimum Gasteiger partial charge on any atom is -0.380 e. The Balaban J connectivity index is 2.07. The van der Waals surface area contributed by atoms with Gasteiger partial charge in [-0.05, 0) is 30.5 Å². The summed E-state index contributed by atoms with van der Waals surface area (Å²) in [6, 6.07) is 6.65. The molecular formula is C14H19NO4S. The predicted molar refractivity (Wildman–Crippen MR) is 76.3 cm³/mol. The number of ether oxygens (including phenoxy) is 1. The van der Waals surface area contributed by atoms with Gasteiger partial charge in [-0.3, -0.25) is 4.79 Å². The van der Waals surface area contributed by atoms with Crippen molar-refractivity contribution in [3.63, 3.8) is 0 Å². The second-order valence-electron chi connectivity index (χ2n) is 4.92. The van der Waals surface area contributed by atoms with Crippen molar-refractivity contribution in [1.82, 2.24) is 5.32 Å². The third-order valence-corrected chi connectivity index (χ3v) is 5.56. The van der Waals surface area contributed by atoms with Crippen molar-refractivity contribution < 1.29 is 17.9 Å². The Labute approximate surface area is 119 Å². The normalized spacial score (nSPS) is 19.6. The average Bonchev–Trinajstić information content (AvgIpc) is 2.48. The van der Waals surface area contributed by atoms with Crippen LogP contribution in [0.4, 0.5) is 0 Å². The lowest BCUT2D eigenvalue weighted by Gasteiger charge is -2.22. The first-order chi connectivity index (χ1) is 9.53. The highest BCUT2D eigenvalue weighted by Crippen LogP contribution is 2.19. The van der Waals surface area contributed by atoms with Gasteiger partial charge in [-0.25, -0.2) is 8.42 Å². The maximum Gasteiger partial charge on any atom is 0.251 e. The molecule has 1 fully saturated rings. The molecule has 0 spiro atoms. The predicted octanol–water partition coefficient (Wildman–Crippen LogP) is 1.14. The monoisotopic (exact) mass is 297 g/mol. The zero-order valence-corrected chi connectivity index (χ0v) is 12.3. The van der Waals surface area contributed by atoms with Gasteiger partial charge in [-0.15, -0.1) is 0 Å². The number of rotatable bonds is 4. The van der Waals surface area contributed by atoms with Crippen molar-refractivity contribution in [2.75, 3.05) is 20.3 Å². The summed E-state index contributed by atoms with van der Waals surface area (Å²) in [6.45, 7) is 0.936. The number of hydrogen-bond acceptors (Lipinski definition) is 4. The third kappa shape index (κ3) is 3.58. The van der Waals surface area contributed by atoms with E-state index in [0.29, 0.717) is 30.8 Å². The van der Waals surface area contributed by atoms with Crippen LogP contribution in [0.25, 0.3) is 0 Å². The van der Waals surface area contributed by atoms with Crippen LogP contribution in [0.15, 0.2) is 24.3 Å². The van der Waals surface area contributed by atoms with Gasteiger partial charge in [-0.1, -0.05) is 12.1 Å². The minimum absolute atomic E-state index is 0.00491. The van der Waals surface area contributed by atoms with Crippen molar-refractivity contribution in [1.29, 1.82) is 0 Å². The van der Waals surface area contributed by atoms with E-state index in [4.69, 9.17) is 4.74 Å². The van der Waals surface area contributed by atoms with Crippen molar-refractivity contribution in [2.24, 2.45) is 0 Å². The summed E-state index contributed by atoms with van der Waals surface area (Å²) >= 11 is 0. The molecule has 1 aromatic carbocycles. The van der Waals surface area contributed by atoms with E-state index in [2.05, 4.69) is 5.32 Å². The topological polar surface area (TPSA) is 72.5 Å². The van der Waals surface area contributed by atoms with E-state index in [1.807, 2.05) is 0 Å². The molecule has 1 aliphatic rings. The van der Waals surface area contributed by atoms with E-state index in [0.717, 1.165) is 6.42 Å². The van der Waals surface area contributed by atoms with Crippen LogP contribution in [-0.4, -0.2) is 39.8 Å². The molecule has 2 rings (SSSR count). The van der Waals surface area contributed by atoms with Gasteiger partial charge in [0, 0.05) is 19.2 Å². The summed E-state index contributed by atoms with van der Waals surface area (Å²) in [6.07, 6.45) is 1.46. The largest absolute Gasteiger partial charge is 0.380 e. The second-order valence-corrected chi connectivity index (χ2v) is 7.20. The van der Waals surface area contributed by atoms with Crippen molar-refractivity contribution >= 4 is 15.7 Å². The number of amides is 1. The molecule has 1 heterocycles. The molecule has 1 amide bonds. The quantitative estimate of drug-likeness (QED) is 0.904. The Hall–Kier alpha value is -1.40. The Morgan fingerprint density at radius 2 is 2.05 bits per heavy atom. The zero-order valence-electron chi connectivity index (χ0n) is 11.5. The van der Waals surface area contributed by atoms with Gasteiger partial charge in [0.25, 0.3) is 5.91 Å². The van der Waals surface area contributed by atoms with Gasteiger partial charge in [0.05, 0.1) is 17.6 Å². The first kappa shape index (κ1) is 15.0. The molecule has 1 N–H and O–H groups in total. The van der Waals surface area contributed by atoms with E-state index >= 15 is 0 Å². The van der Waals surface area contributed by atoms with Crippen LogP contribution in [0.2, 0.25) is 0 Å². The first-order valence-corrected chi connectivity index (χ1v) is 8.35. The van der Waals surface area contributed by atoms with E-state index in [9.17, 15) is 13.2 Å². The third-order valence-electron chi connectivity index (χ3n) is 3.44. The van der Waals surface area contributed by atoms with E-state index in [1.165, 1.54) is 0 Å². The molecule has 0 aromatic heterocycles. The molecule has 1 saturated heterocycles. The highest BCUT2D eigenvalue weighted by Gasteiger charge is 2.28. The second kappa shape index (κ2) is 6.37. The van der Waals surface area contributed by atoms with Crippen molar-refractivity contribution in [3.8, 4) is 0 Å². The lowest BCUT2D eigenvalue weighted by molar-refractivity contribution is 0.0963. The van der Waals surface area contributed by atoms with E-state index < -0.39 is 15.1 Å².